The van der Waals surface area contributed by atoms with Gasteiger partial charge in [-0.2, -0.15) is 0 Å². The van der Waals surface area contributed by atoms with E-state index in [1.165, 1.54) is 0 Å². The van der Waals surface area contributed by atoms with Gasteiger partial charge in [-0.25, -0.2) is 4.98 Å². The molecule has 1 aliphatic heterocycles. The standard InChI is InChI=1S/C19H32N4O3.HI/c1-3-11-26-18-16(7-4-9-21-18)14-23-19(20-2)22-10-6-12-24-15-17-8-5-13-25-17;/h4,7,9,17H,3,5-6,8,10-15H2,1-2H3,(H2,20,22,23);1H. The van der Waals surface area contributed by atoms with Gasteiger partial charge in [0.05, 0.1) is 19.3 Å². The number of aromatic nitrogens is 1. The van der Waals surface area contributed by atoms with Crippen LogP contribution >= 0.6 is 24.0 Å². The Morgan fingerprint density at radius 1 is 1.37 bits per heavy atom. The summed E-state index contributed by atoms with van der Waals surface area (Å²) < 4.78 is 16.9. The topological polar surface area (TPSA) is 77.0 Å². The average Bonchev–Trinajstić information content (AvgIpc) is 3.19. The van der Waals surface area contributed by atoms with Crippen molar-refractivity contribution in [3.8, 4) is 5.88 Å². The maximum absolute atomic E-state index is 5.68. The van der Waals surface area contributed by atoms with Gasteiger partial charge in [0.25, 0.3) is 0 Å². The summed E-state index contributed by atoms with van der Waals surface area (Å²) in [6.45, 7) is 6.47. The fraction of sp³-hybridized carbons (Fsp3) is 0.684. The zero-order chi connectivity index (χ0) is 18.5. The van der Waals surface area contributed by atoms with Crippen LogP contribution in [0.25, 0.3) is 0 Å². The van der Waals surface area contributed by atoms with Crippen LogP contribution in [0.4, 0.5) is 0 Å². The molecule has 1 aromatic rings. The molecule has 7 nitrogen and oxygen atoms in total. The Hall–Kier alpha value is -1.13. The number of aliphatic imine (C=N–C) groups is 1. The lowest BCUT2D eigenvalue weighted by Crippen LogP contribution is -2.37. The van der Waals surface area contributed by atoms with Crippen LogP contribution in [0.5, 0.6) is 5.88 Å². The monoisotopic (exact) mass is 492 g/mol. The van der Waals surface area contributed by atoms with Gasteiger partial charge in [0.2, 0.25) is 5.88 Å². The van der Waals surface area contributed by atoms with E-state index >= 15 is 0 Å². The van der Waals surface area contributed by atoms with Gasteiger partial charge >= 0.3 is 0 Å². The first-order valence-electron chi connectivity index (χ1n) is 9.54. The molecule has 0 aromatic carbocycles. The van der Waals surface area contributed by atoms with Crippen molar-refractivity contribution in [2.24, 2.45) is 4.99 Å². The molecule has 1 aliphatic rings. The van der Waals surface area contributed by atoms with Gasteiger partial charge in [-0.1, -0.05) is 13.0 Å². The number of nitrogens with one attached hydrogen (secondary N) is 2. The van der Waals surface area contributed by atoms with Crippen molar-refractivity contribution in [2.45, 2.75) is 45.3 Å². The number of ether oxygens (including phenoxy) is 3. The largest absolute Gasteiger partial charge is 0.477 e. The summed E-state index contributed by atoms with van der Waals surface area (Å²) >= 11 is 0. The SMILES string of the molecule is CCCOc1ncccc1CNC(=NC)NCCCOCC1CCCO1.I. The third-order valence-corrected chi connectivity index (χ3v) is 4.05. The highest BCUT2D eigenvalue weighted by atomic mass is 127. The molecule has 2 N–H and O–H groups in total. The van der Waals surface area contributed by atoms with Crippen molar-refractivity contribution in [2.75, 3.05) is 40.0 Å². The zero-order valence-corrected chi connectivity index (χ0v) is 18.7. The number of halogens is 1. The lowest BCUT2D eigenvalue weighted by molar-refractivity contribution is 0.0168. The first kappa shape index (κ1) is 23.9. The summed E-state index contributed by atoms with van der Waals surface area (Å²) in [6, 6.07) is 3.93. The van der Waals surface area contributed by atoms with E-state index in [1.807, 2.05) is 12.1 Å². The number of guanidine groups is 1. The molecule has 1 fully saturated rings. The summed E-state index contributed by atoms with van der Waals surface area (Å²) in [5.41, 5.74) is 1.02. The molecular weight excluding hydrogens is 459 g/mol. The van der Waals surface area contributed by atoms with Gasteiger partial charge in [0.15, 0.2) is 5.96 Å². The van der Waals surface area contributed by atoms with Crippen LogP contribution in [0.1, 0.15) is 38.2 Å². The second-order valence-electron chi connectivity index (χ2n) is 6.23. The summed E-state index contributed by atoms with van der Waals surface area (Å²) in [5, 5.41) is 6.59. The molecule has 154 valence electrons. The van der Waals surface area contributed by atoms with Gasteiger partial charge in [-0.3, -0.25) is 4.99 Å². The molecule has 0 aliphatic carbocycles. The average molecular weight is 492 g/mol. The minimum absolute atomic E-state index is 0. The summed E-state index contributed by atoms with van der Waals surface area (Å²) in [5.74, 6) is 1.44. The Bertz CT molecular complexity index is 539. The van der Waals surface area contributed by atoms with Crippen LogP contribution in [0, 0.1) is 0 Å². The molecule has 2 rings (SSSR count). The van der Waals surface area contributed by atoms with E-state index in [-0.39, 0.29) is 24.0 Å². The molecule has 1 atom stereocenters. The van der Waals surface area contributed by atoms with E-state index in [2.05, 4.69) is 27.5 Å². The molecule has 0 radical (unpaired) electrons. The van der Waals surface area contributed by atoms with Crippen LogP contribution in [0.2, 0.25) is 0 Å². The molecule has 0 saturated carbocycles. The molecule has 0 spiro atoms. The molecule has 1 aromatic heterocycles. The van der Waals surface area contributed by atoms with Crippen LogP contribution < -0.4 is 15.4 Å². The van der Waals surface area contributed by atoms with Crippen molar-refractivity contribution >= 4 is 29.9 Å². The van der Waals surface area contributed by atoms with E-state index in [4.69, 9.17) is 14.2 Å². The Balaban J connectivity index is 0.00000364. The Morgan fingerprint density at radius 2 is 2.26 bits per heavy atom. The van der Waals surface area contributed by atoms with Crippen LogP contribution in [-0.2, 0) is 16.0 Å². The maximum Gasteiger partial charge on any atom is 0.218 e. The fourth-order valence-electron chi connectivity index (χ4n) is 2.66. The lowest BCUT2D eigenvalue weighted by atomic mass is 10.2. The minimum Gasteiger partial charge on any atom is -0.477 e. The Kier molecular flexibility index (Phi) is 13.2. The number of hydrogen-bond donors (Lipinski definition) is 2. The predicted octanol–water partition coefficient (Wildman–Crippen LogP) is 2.74. The van der Waals surface area contributed by atoms with E-state index in [9.17, 15) is 0 Å². The third-order valence-electron chi connectivity index (χ3n) is 4.05. The van der Waals surface area contributed by atoms with Crippen molar-refractivity contribution in [1.29, 1.82) is 0 Å². The van der Waals surface area contributed by atoms with Crippen LogP contribution in [-0.4, -0.2) is 57.1 Å². The smallest absolute Gasteiger partial charge is 0.218 e. The normalized spacial score (nSPS) is 16.7. The molecule has 27 heavy (non-hydrogen) atoms. The fourth-order valence-corrected chi connectivity index (χ4v) is 2.66. The van der Waals surface area contributed by atoms with Crippen molar-refractivity contribution < 1.29 is 14.2 Å². The van der Waals surface area contributed by atoms with Crippen LogP contribution in [0.3, 0.4) is 0 Å². The third kappa shape index (κ3) is 9.57. The quantitative estimate of drug-likeness (QED) is 0.214. The molecule has 0 bridgehead atoms. The summed E-state index contributed by atoms with van der Waals surface area (Å²) in [7, 11) is 1.76. The van der Waals surface area contributed by atoms with Crippen molar-refractivity contribution in [3.63, 3.8) is 0 Å². The molecular formula is C19H33IN4O3. The van der Waals surface area contributed by atoms with Crippen LogP contribution in [0.15, 0.2) is 23.3 Å². The number of pyridine rings is 1. The highest BCUT2D eigenvalue weighted by molar-refractivity contribution is 14.0. The molecule has 1 saturated heterocycles. The summed E-state index contributed by atoms with van der Waals surface area (Å²) in [6.07, 6.45) is 6.19. The zero-order valence-electron chi connectivity index (χ0n) is 16.4. The first-order valence-corrected chi connectivity index (χ1v) is 9.54. The van der Waals surface area contributed by atoms with Gasteiger partial charge in [-0.15, -0.1) is 24.0 Å². The number of rotatable bonds is 11. The van der Waals surface area contributed by atoms with Crippen molar-refractivity contribution in [1.82, 2.24) is 15.6 Å². The molecule has 0 amide bonds. The van der Waals surface area contributed by atoms with E-state index in [1.54, 1.807) is 13.2 Å². The Morgan fingerprint density at radius 3 is 3.00 bits per heavy atom. The summed E-state index contributed by atoms with van der Waals surface area (Å²) in [4.78, 5) is 8.55. The van der Waals surface area contributed by atoms with E-state index in [0.717, 1.165) is 57.0 Å². The Labute approximate surface area is 179 Å². The second-order valence-corrected chi connectivity index (χ2v) is 6.23. The lowest BCUT2D eigenvalue weighted by Gasteiger charge is -2.14. The number of hydrogen-bond acceptors (Lipinski definition) is 5. The minimum atomic E-state index is 0. The van der Waals surface area contributed by atoms with Gasteiger partial charge in [0, 0.05) is 45.1 Å². The second kappa shape index (κ2) is 14.9. The highest BCUT2D eigenvalue weighted by Gasteiger charge is 2.14. The highest BCUT2D eigenvalue weighted by Crippen LogP contribution is 2.14. The molecule has 2 heterocycles. The van der Waals surface area contributed by atoms with Gasteiger partial charge in [-0.05, 0) is 31.7 Å². The first-order chi connectivity index (χ1) is 12.8. The van der Waals surface area contributed by atoms with E-state index < -0.39 is 0 Å². The predicted molar refractivity (Wildman–Crippen MR) is 118 cm³/mol. The van der Waals surface area contributed by atoms with Gasteiger partial charge in [0.1, 0.15) is 0 Å². The molecule has 1 unspecified atom stereocenters. The molecule has 8 heteroatoms. The van der Waals surface area contributed by atoms with Crippen molar-refractivity contribution in [3.05, 3.63) is 23.9 Å². The maximum atomic E-state index is 5.68. The number of nitrogens with zero attached hydrogens (tertiary/aromatic N) is 2. The van der Waals surface area contributed by atoms with Gasteiger partial charge < -0.3 is 24.8 Å². The van der Waals surface area contributed by atoms with E-state index in [0.29, 0.717) is 31.7 Å².